The first kappa shape index (κ1) is 22.8. The van der Waals surface area contributed by atoms with E-state index in [2.05, 4.69) is 29.1 Å². The Labute approximate surface area is 195 Å². The number of anilines is 1. The van der Waals surface area contributed by atoms with E-state index in [0.29, 0.717) is 19.0 Å². The number of nitrogens with zero attached hydrogens (tertiary/aromatic N) is 3. The highest BCUT2D eigenvalue weighted by atomic mass is 16.5. The van der Waals surface area contributed by atoms with Crippen molar-refractivity contribution in [2.75, 3.05) is 25.5 Å². The molecular weight excluding hydrogens is 416 g/mol. The normalized spacial score (nSPS) is 16.8. The van der Waals surface area contributed by atoms with Gasteiger partial charge in [0.1, 0.15) is 23.7 Å². The van der Waals surface area contributed by atoms with Gasteiger partial charge in [-0.05, 0) is 67.1 Å². The van der Waals surface area contributed by atoms with Gasteiger partial charge in [0.2, 0.25) is 11.8 Å². The van der Waals surface area contributed by atoms with Crippen molar-refractivity contribution in [2.45, 2.75) is 46.3 Å². The zero-order valence-corrected chi connectivity index (χ0v) is 20.0. The molecule has 1 amide bonds. The number of benzene rings is 1. The van der Waals surface area contributed by atoms with Gasteiger partial charge in [0.05, 0.1) is 13.7 Å². The molecule has 0 radical (unpaired) electrons. The van der Waals surface area contributed by atoms with Gasteiger partial charge in [-0.25, -0.2) is 9.97 Å². The maximum atomic E-state index is 13.4. The van der Waals surface area contributed by atoms with Gasteiger partial charge in [0.15, 0.2) is 0 Å². The molecule has 2 atom stereocenters. The molecular formula is C26H32N4O3. The fourth-order valence-corrected chi connectivity index (χ4v) is 4.32. The lowest BCUT2D eigenvalue weighted by Crippen LogP contribution is -2.45. The van der Waals surface area contributed by atoms with E-state index in [0.717, 1.165) is 40.0 Å². The number of aryl methyl sites for hydroxylation is 2. The van der Waals surface area contributed by atoms with E-state index in [9.17, 15) is 4.79 Å². The van der Waals surface area contributed by atoms with Crippen LogP contribution in [0.3, 0.4) is 0 Å². The number of carbonyl (C=O) groups is 1. The van der Waals surface area contributed by atoms with Crippen molar-refractivity contribution in [2.24, 2.45) is 5.92 Å². The summed E-state index contributed by atoms with van der Waals surface area (Å²) in [5.74, 6) is 2.32. The molecule has 2 aromatic heterocycles. The van der Waals surface area contributed by atoms with Crippen molar-refractivity contribution < 1.29 is 14.3 Å². The third kappa shape index (κ3) is 5.18. The Balaban J connectivity index is 1.45. The second-order valence-electron chi connectivity index (χ2n) is 9.05. The first-order valence-electron chi connectivity index (χ1n) is 11.4. The van der Waals surface area contributed by atoms with Crippen molar-refractivity contribution in [3.05, 3.63) is 53.9 Å². The smallest absolute Gasteiger partial charge is 0.245 e. The number of fused-ring (bicyclic) bond motifs is 1. The predicted octanol–water partition coefficient (Wildman–Crippen LogP) is 4.37. The molecule has 174 valence electrons. The van der Waals surface area contributed by atoms with Gasteiger partial charge in [-0.3, -0.25) is 4.79 Å². The van der Waals surface area contributed by atoms with E-state index >= 15 is 0 Å². The molecule has 1 saturated heterocycles. The minimum atomic E-state index is -0.347. The lowest BCUT2D eigenvalue weighted by atomic mass is 10.0. The highest BCUT2D eigenvalue weighted by Gasteiger charge is 2.34. The lowest BCUT2D eigenvalue weighted by Gasteiger charge is -2.27. The maximum absolute atomic E-state index is 13.4. The number of hydrogen-bond donors (Lipinski definition) is 1. The minimum absolute atomic E-state index is 0.0766. The van der Waals surface area contributed by atoms with Gasteiger partial charge >= 0.3 is 0 Å². The molecule has 1 unspecified atom stereocenters. The Bertz CT molecular complexity index is 1130. The molecule has 4 rings (SSSR count). The van der Waals surface area contributed by atoms with Gasteiger partial charge in [0.25, 0.3) is 0 Å². The summed E-state index contributed by atoms with van der Waals surface area (Å²) in [7, 11) is 1.65. The van der Waals surface area contributed by atoms with Crippen molar-refractivity contribution in [3.63, 3.8) is 0 Å². The topological polar surface area (TPSA) is 76.6 Å². The van der Waals surface area contributed by atoms with Crippen molar-refractivity contribution in [1.29, 1.82) is 0 Å². The molecule has 3 heterocycles. The number of likely N-dealkylation sites (tertiary alicyclic amines) is 1. The van der Waals surface area contributed by atoms with Gasteiger partial charge in [0, 0.05) is 30.2 Å². The minimum Gasteiger partial charge on any atom is -0.497 e. The summed E-state index contributed by atoms with van der Waals surface area (Å²) in [6.45, 7) is 9.30. The Hall–Kier alpha value is -3.35. The number of carbonyl (C=O) groups excluding carboxylic acids is 1. The third-order valence-corrected chi connectivity index (χ3v) is 6.00. The first-order chi connectivity index (χ1) is 15.8. The highest BCUT2D eigenvalue weighted by molar-refractivity contribution is 5.88. The van der Waals surface area contributed by atoms with Gasteiger partial charge in [-0.2, -0.15) is 0 Å². The van der Waals surface area contributed by atoms with Crippen LogP contribution in [0.1, 0.15) is 31.5 Å². The Morgan fingerprint density at radius 1 is 1.18 bits per heavy atom. The number of aromatic nitrogens is 2. The number of nitrogens with one attached hydrogen (secondary N) is 1. The molecule has 0 spiro atoms. The summed E-state index contributed by atoms with van der Waals surface area (Å²) >= 11 is 0. The largest absolute Gasteiger partial charge is 0.497 e. The standard InChI is InChI=1S/C26H32N4O3/c1-16(2)24(29-23-13-17(3)12-18(4)28-23)26(31)30-11-9-21(15-30)33-25-22-7-6-20(32-5)14-19(22)8-10-27-25/h6-8,10,12-14,16,21,24H,9,11,15H2,1-5H3,(H,28,29)/t21-,24?/m1/s1. The van der Waals surface area contributed by atoms with E-state index < -0.39 is 0 Å². The zero-order valence-electron chi connectivity index (χ0n) is 20.0. The first-order valence-corrected chi connectivity index (χ1v) is 11.4. The number of pyridine rings is 2. The molecule has 1 fully saturated rings. The summed E-state index contributed by atoms with van der Waals surface area (Å²) in [4.78, 5) is 24.3. The van der Waals surface area contributed by atoms with Crippen LogP contribution in [-0.4, -0.2) is 53.1 Å². The van der Waals surface area contributed by atoms with Crippen LogP contribution in [-0.2, 0) is 4.79 Å². The number of rotatable bonds is 7. The Morgan fingerprint density at radius 2 is 2.00 bits per heavy atom. The zero-order chi connectivity index (χ0) is 23.5. The third-order valence-electron chi connectivity index (χ3n) is 6.00. The Kier molecular flexibility index (Phi) is 6.67. The van der Waals surface area contributed by atoms with Crippen molar-refractivity contribution in [1.82, 2.24) is 14.9 Å². The number of amides is 1. The monoisotopic (exact) mass is 448 g/mol. The predicted molar refractivity (Wildman–Crippen MR) is 130 cm³/mol. The lowest BCUT2D eigenvalue weighted by molar-refractivity contribution is -0.132. The Morgan fingerprint density at radius 3 is 2.73 bits per heavy atom. The van der Waals surface area contributed by atoms with Crippen LogP contribution < -0.4 is 14.8 Å². The van der Waals surface area contributed by atoms with Gasteiger partial charge in [-0.15, -0.1) is 0 Å². The van der Waals surface area contributed by atoms with Crippen LogP contribution in [0.25, 0.3) is 10.8 Å². The van der Waals surface area contributed by atoms with E-state index in [4.69, 9.17) is 9.47 Å². The summed E-state index contributed by atoms with van der Waals surface area (Å²) in [5.41, 5.74) is 2.05. The number of methoxy groups -OCH3 is 1. The van der Waals surface area contributed by atoms with Crippen LogP contribution in [0.15, 0.2) is 42.6 Å². The second kappa shape index (κ2) is 9.65. The second-order valence-corrected chi connectivity index (χ2v) is 9.05. The summed E-state index contributed by atoms with van der Waals surface area (Å²) in [5, 5.41) is 5.31. The fourth-order valence-electron chi connectivity index (χ4n) is 4.32. The summed E-state index contributed by atoms with van der Waals surface area (Å²) < 4.78 is 11.6. The molecule has 0 saturated carbocycles. The molecule has 1 aliphatic heterocycles. The molecule has 3 aromatic rings. The molecule has 0 bridgehead atoms. The van der Waals surface area contributed by atoms with Crippen molar-refractivity contribution in [3.8, 4) is 11.6 Å². The number of ether oxygens (including phenoxy) is 2. The van der Waals surface area contributed by atoms with E-state index in [1.54, 1.807) is 13.3 Å². The summed E-state index contributed by atoms with van der Waals surface area (Å²) in [6, 6.07) is 11.4. The van der Waals surface area contributed by atoms with Crippen molar-refractivity contribution >= 4 is 22.5 Å². The average molecular weight is 449 g/mol. The van der Waals surface area contributed by atoms with Gasteiger partial charge < -0.3 is 19.7 Å². The molecule has 33 heavy (non-hydrogen) atoms. The molecule has 1 N–H and O–H groups in total. The van der Waals surface area contributed by atoms with Crippen LogP contribution >= 0.6 is 0 Å². The fraction of sp³-hybridized carbons (Fsp3) is 0.423. The molecule has 1 aliphatic rings. The average Bonchev–Trinajstić information content (AvgIpc) is 3.24. The molecule has 7 heteroatoms. The van der Waals surface area contributed by atoms with Crippen LogP contribution in [0.5, 0.6) is 11.6 Å². The number of hydrogen-bond acceptors (Lipinski definition) is 6. The molecule has 1 aromatic carbocycles. The van der Waals surface area contributed by atoms with E-state index in [1.165, 1.54) is 0 Å². The van der Waals surface area contributed by atoms with E-state index in [1.807, 2.05) is 55.1 Å². The quantitative estimate of drug-likeness (QED) is 0.578. The SMILES string of the molecule is COc1ccc2c(O[C@@H]3CCN(C(=O)C(Nc4cc(C)cc(C)n4)C(C)C)C3)nccc2c1. The molecule has 7 nitrogen and oxygen atoms in total. The maximum Gasteiger partial charge on any atom is 0.245 e. The van der Waals surface area contributed by atoms with Gasteiger partial charge in [-0.1, -0.05) is 13.8 Å². The van der Waals surface area contributed by atoms with Crippen LogP contribution in [0.2, 0.25) is 0 Å². The highest BCUT2D eigenvalue weighted by Crippen LogP contribution is 2.29. The van der Waals surface area contributed by atoms with E-state index in [-0.39, 0.29) is 24.0 Å². The summed E-state index contributed by atoms with van der Waals surface area (Å²) in [6.07, 6.45) is 2.42. The van der Waals surface area contributed by atoms with Crippen LogP contribution in [0.4, 0.5) is 5.82 Å². The molecule has 0 aliphatic carbocycles. The van der Waals surface area contributed by atoms with Crippen LogP contribution in [0, 0.1) is 19.8 Å².